The third-order valence-corrected chi connectivity index (χ3v) is 7.11. The van der Waals surface area contributed by atoms with Crippen LogP contribution in [0.1, 0.15) is 88.0 Å². The van der Waals surface area contributed by atoms with E-state index >= 15 is 0 Å². The summed E-state index contributed by atoms with van der Waals surface area (Å²) < 4.78 is 19.9. The monoisotopic (exact) mass is 749 g/mol. The molecule has 0 bridgehead atoms. The Kier molecular flexibility index (Phi) is 27.8. The minimum absolute atomic E-state index is 0. The molecule has 1 rings (SSSR count). The molecular formula is C36H55N5O12. The van der Waals surface area contributed by atoms with Gasteiger partial charge in [-0.25, -0.2) is 53.3 Å². The minimum Gasteiger partial charge on any atom is -0.462 e. The molecule has 3 unspecified atom stereocenters. The van der Waals surface area contributed by atoms with Crippen LogP contribution in [0.4, 0.5) is 4.79 Å². The number of nitrogens with one attached hydrogen (secondary N) is 1. The van der Waals surface area contributed by atoms with E-state index in [0.29, 0.717) is 19.4 Å². The third-order valence-electron chi connectivity index (χ3n) is 7.11. The van der Waals surface area contributed by atoms with E-state index in [2.05, 4.69) is 59.2 Å². The number of isocyanates is 4. The van der Waals surface area contributed by atoms with Crippen molar-refractivity contribution in [2.24, 2.45) is 30.8 Å². The summed E-state index contributed by atoms with van der Waals surface area (Å²) in [5, 5.41) is 2.32. The predicted molar refractivity (Wildman–Crippen MR) is 194 cm³/mol. The molecule has 53 heavy (non-hydrogen) atoms. The lowest BCUT2D eigenvalue weighted by atomic mass is 9.63. The van der Waals surface area contributed by atoms with Crippen LogP contribution in [0.25, 0.3) is 0 Å². The molecule has 1 aliphatic rings. The standard InChI is InChI=1S/C22H29N3O10.C12H18N2O2.2CH4/c1-15(2)19(28)33-11-17(12-34-20(29)16(3)4)35-22(31)24-9-10-32-21(30)18(25-14-27)7-5-6-8-23-13-26;1-11(2)4-10(14-9-16)5-12(3,6-11)7-13-8-15;;/h17-18H,1,3,5-12H2,2,4H3,(H,24,31);10H,4-7H2,1-3H3;2*1H4. The van der Waals surface area contributed by atoms with Crippen molar-refractivity contribution in [2.45, 2.75) is 106 Å². The van der Waals surface area contributed by atoms with Crippen molar-refractivity contribution in [3.05, 3.63) is 24.3 Å². The van der Waals surface area contributed by atoms with Crippen LogP contribution in [0, 0.1) is 10.8 Å². The zero-order valence-corrected chi connectivity index (χ0v) is 29.8. The van der Waals surface area contributed by atoms with Gasteiger partial charge in [0, 0.05) is 11.1 Å². The molecule has 0 saturated heterocycles. The molecule has 17 nitrogen and oxygen atoms in total. The van der Waals surface area contributed by atoms with Crippen molar-refractivity contribution in [1.29, 1.82) is 0 Å². The fourth-order valence-corrected chi connectivity index (χ4v) is 5.25. The number of rotatable bonds is 20. The summed E-state index contributed by atoms with van der Waals surface area (Å²) in [6, 6.07) is -1.07. The predicted octanol–water partition coefficient (Wildman–Crippen LogP) is 4.59. The van der Waals surface area contributed by atoms with Gasteiger partial charge in [0.1, 0.15) is 19.8 Å². The summed E-state index contributed by atoms with van der Waals surface area (Å²) >= 11 is 0. The zero-order chi connectivity index (χ0) is 38.9. The molecule has 0 aliphatic heterocycles. The van der Waals surface area contributed by atoms with Crippen molar-refractivity contribution < 1.29 is 57.3 Å². The van der Waals surface area contributed by atoms with Crippen molar-refractivity contribution in [2.75, 3.05) is 39.5 Å². The van der Waals surface area contributed by atoms with E-state index in [4.69, 9.17) is 18.9 Å². The molecule has 3 atom stereocenters. The summed E-state index contributed by atoms with van der Waals surface area (Å²) in [6.07, 6.45) is 7.62. The van der Waals surface area contributed by atoms with Crippen LogP contribution in [0.3, 0.4) is 0 Å². The first-order valence-corrected chi connectivity index (χ1v) is 16.0. The van der Waals surface area contributed by atoms with Crippen LogP contribution in [-0.4, -0.2) is 106 Å². The van der Waals surface area contributed by atoms with Crippen LogP contribution in [0.2, 0.25) is 0 Å². The second-order valence-electron chi connectivity index (χ2n) is 12.9. The molecule has 1 aliphatic carbocycles. The molecule has 1 saturated carbocycles. The Morgan fingerprint density at radius 1 is 0.830 bits per heavy atom. The lowest BCUT2D eigenvalue weighted by Gasteiger charge is -2.44. The highest BCUT2D eigenvalue weighted by Crippen LogP contribution is 2.47. The van der Waals surface area contributed by atoms with E-state index in [0.717, 1.165) is 19.3 Å². The molecule has 0 heterocycles. The molecule has 1 amide bonds. The number of amides is 1. The largest absolute Gasteiger partial charge is 0.462 e. The molecule has 0 aromatic carbocycles. The maximum Gasteiger partial charge on any atom is 0.407 e. The smallest absolute Gasteiger partial charge is 0.407 e. The maximum absolute atomic E-state index is 12.0. The fraction of sp³-hybridized carbons (Fsp3) is 0.667. The first kappa shape index (κ1) is 52.0. The second kappa shape index (κ2) is 28.3. The van der Waals surface area contributed by atoms with E-state index in [1.165, 1.54) is 26.0 Å². The summed E-state index contributed by atoms with van der Waals surface area (Å²) in [7, 11) is 0. The molecule has 1 fully saturated rings. The maximum atomic E-state index is 12.0. The van der Waals surface area contributed by atoms with Crippen LogP contribution in [-0.2, 0) is 52.5 Å². The molecule has 296 valence electrons. The highest BCUT2D eigenvalue weighted by atomic mass is 16.6. The number of esters is 3. The van der Waals surface area contributed by atoms with Gasteiger partial charge in [0.05, 0.1) is 25.7 Å². The van der Waals surface area contributed by atoms with Gasteiger partial charge in [-0.3, -0.25) is 0 Å². The van der Waals surface area contributed by atoms with E-state index in [1.54, 1.807) is 12.2 Å². The average Bonchev–Trinajstić information content (AvgIpc) is 3.05. The zero-order valence-electron chi connectivity index (χ0n) is 29.8. The van der Waals surface area contributed by atoms with E-state index < -0.39 is 49.4 Å². The lowest BCUT2D eigenvalue weighted by molar-refractivity contribution is -0.147. The SMILES string of the molecule is C.C.C=C(C)C(=O)OCC(COC(=O)C(=C)C)OC(=O)NCCOC(=O)C(CCCCN=C=O)N=C=O.CC1(C)CC(N=C=O)CC(C)(CN=C=O)C1. The molecule has 0 spiro atoms. The van der Waals surface area contributed by atoms with Gasteiger partial charge in [0.15, 0.2) is 12.1 Å². The molecule has 0 aromatic heterocycles. The Labute approximate surface area is 311 Å². The van der Waals surface area contributed by atoms with E-state index in [-0.39, 0.29) is 69.0 Å². The van der Waals surface area contributed by atoms with Crippen molar-refractivity contribution in [3.63, 3.8) is 0 Å². The topological polar surface area (TPSA) is 235 Å². The van der Waals surface area contributed by atoms with Gasteiger partial charge in [-0.1, -0.05) is 48.8 Å². The Morgan fingerprint density at radius 3 is 1.92 bits per heavy atom. The van der Waals surface area contributed by atoms with Crippen LogP contribution in [0.15, 0.2) is 44.3 Å². The number of hydrogen-bond donors (Lipinski definition) is 1. The minimum atomic E-state index is -1.13. The highest BCUT2D eigenvalue weighted by Gasteiger charge is 2.41. The van der Waals surface area contributed by atoms with E-state index in [1.807, 2.05) is 0 Å². The molecule has 1 N–H and O–H groups in total. The van der Waals surface area contributed by atoms with Gasteiger partial charge in [0.2, 0.25) is 24.3 Å². The van der Waals surface area contributed by atoms with Gasteiger partial charge in [0.25, 0.3) is 0 Å². The number of carbonyl (C=O) groups is 4. The summed E-state index contributed by atoms with van der Waals surface area (Å²) in [4.78, 5) is 103. The molecular weight excluding hydrogens is 694 g/mol. The Hall–Kier alpha value is -5.32. The average molecular weight is 750 g/mol. The number of hydrogen-bond acceptors (Lipinski definition) is 16. The number of nitrogens with zero attached hydrogens (tertiary/aromatic N) is 4. The Morgan fingerprint density at radius 2 is 1.42 bits per heavy atom. The summed E-state index contributed by atoms with van der Waals surface area (Å²) in [6.45, 7) is 15.6. The normalized spacial score (nSPS) is 16.8. The van der Waals surface area contributed by atoms with Crippen LogP contribution < -0.4 is 5.32 Å². The number of aliphatic imine (C=N–C) groups is 4. The first-order valence-electron chi connectivity index (χ1n) is 16.0. The second-order valence-corrected chi connectivity index (χ2v) is 12.9. The fourth-order valence-electron chi connectivity index (χ4n) is 5.25. The van der Waals surface area contributed by atoms with Crippen molar-refractivity contribution in [1.82, 2.24) is 5.32 Å². The quantitative estimate of drug-likeness (QED) is 0.0449. The Balaban J connectivity index is -0.00000116. The first-order chi connectivity index (χ1) is 24.0. The van der Waals surface area contributed by atoms with Gasteiger partial charge in [-0.2, -0.15) is 4.99 Å². The van der Waals surface area contributed by atoms with Gasteiger partial charge >= 0.3 is 24.0 Å². The third kappa shape index (κ3) is 24.5. The summed E-state index contributed by atoms with van der Waals surface area (Å²) in [5.41, 5.74) is 0.307. The van der Waals surface area contributed by atoms with Gasteiger partial charge < -0.3 is 24.3 Å². The lowest BCUT2D eigenvalue weighted by Crippen LogP contribution is -2.39. The van der Waals surface area contributed by atoms with Crippen molar-refractivity contribution in [3.8, 4) is 0 Å². The van der Waals surface area contributed by atoms with Crippen LogP contribution in [0.5, 0.6) is 0 Å². The molecule has 17 heteroatoms. The number of ether oxygens (including phenoxy) is 4. The van der Waals surface area contributed by atoms with E-state index in [9.17, 15) is 38.4 Å². The van der Waals surface area contributed by atoms with Crippen molar-refractivity contribution >= 4 is 48.3 Å². The summed E-state index contributed by atoms with van der Waals surface area (Å²) in [5.74, 6) is -2.24. The number of unbranched alkanes of at least 4 members (excludes halogenated alkanes) is 1. The van der Waals surface area contributed by atoms with Gasteiger partial charge in [-0.05, 0) is 63.2 Å². The van der Waals surface area contributed by atoms with Gasteiger partial charge in [-0.15, -0.1) is 0 Å². The molecule has 0 radical (unpaired) electrons. The molecule has 0 aromatic rings. The number of carbonyl (C=O) groups excluding carboxylic acids is 8. The Bertz CT molecular complexity index is 1390. The highest BCUT2D eigenvalue weighted by molar-refractivity contribution is 5.87. The number of alkyl carbamates (subject to hydrolysis) is 1. The van der Waals surface area contributed by atoms with Crippen LogP contribution >= 0.6 is 0 Å².